The first-order valence-electron chi connectivity index (χ1n) is 10.5. The Kier molecular flexibility index (Phi) is 8.34. The van der Waals surface area contributed by atoms with E-state index in [9.17, 15) is 0 Å². The molecule has 7 nitrogen and oxygen atoms in total. The first-order chi connectivity index (χ1) is 15.2. The van der Waals surface area contributed by atoms with E-state index in [0.717, 1.165) is 36.4 Å². The van der Waals surface area contributed by atoms with Crippen LogP contribution in [0, 0.1) is 6.92 Å². The molecule has 0 spiro atoms. The summed E-state index contributed by atoms with van der Waals surface area (Å²) in [5.74, 6) is 3.42. The Balaban J connectivity index is 1.50. The van der Waals surface area contributed by atoms with Gasteiger partial charge < -0.3 is 24.7 Å². The van der Waals surface area contributed by atoms with Gasteiger partial charge in [0.25, 0.3) is 0 Å². The molecule has 0 amide bonds. The molecule has 0 radical (unpaired) electrons. The fourth-order valence-corrected chi connectivity index (χ4v) is 3.12. The fourth-order valence-electron chi connectivity index (χ4n) is 3.12. The predicted molar refractivity (Wildman–Crippen MR) is 124 cm³/mol. The zero-order chi connectivity index (χ0) is 21.9. The molecule has 0 aliphatic rings. The van der Waals surface area contributed by atoms with Gasteiger partial charge in [0.1, 0.15) is 23.9 Å². The number of imidazole rings is 1. The van der Waals surface area contributed by atoms with E-state index in [1.165, 1.54) is 11.1 Å². The van der Waals surface area contributed by atoms with Gasteiger partial charge in [0.2, 0.25) is 0 Å². The van der Waals surface area contributed by atoms with E-state index in [4.69, 9.17) is 14.5 Å². The molecular formula is C24H31N5O2. The summed E-state index contributed by atoms with van der Waals surface area (Å²) in [4.78, 5) is 9.00. The number of nitrogens with one attached hydrogen (secondary N) is 2. The smallest absolute Gasteiger partial charge is 0.191 e. The third-order valence-corrected chi connectivity index (χ3v) is 4.75. The molecule has 0 aliphatic carbocycles. The van der Waals surface area contributed by atoms with Crippen molar-refractivity contribution in [1.82, 2.24) is 20.2 Å². The molecule has 3 aromatic rings. The Morgan fingerprint density at radius 2 is 1.84 bits per heavy atom. The molecule has 0 saturated heterocycles. The maximum atomic E-state index is 5.76. The maximum Gasteiger partial charge on any atom is 0.191 e. The molecule has 2 aromatic carbocycles. The van der Waals surface area contributed by atoms with Crippen molar-refractivity contribution in [3.63, 3.8) is 0 Å². The van der Waals surface area contributed by atoms with E-state index in [2.05, 4.69) is 51.4 Å². The van der Waals surface area contributed by atoms with Gasteiger partial charge in [-0.15, -0.1) is 0 Å². The standard InChI is InChI=1S/C24H31N5O2/c1-4-25-24(27-13-15-31-23-10-8-22(30-3)9-11-23)28-17-20-6-5-7-21(16-20)18-29-14-12-26-19(29)2/h5-12,14,16H,4,13,15,17-18H2,1-3H3,(H2,25,27,28). The SMILES string of the molecule is CCNC(=NCc1cccc(Cn2ccnc2C)c1)NCCOc1ccc(OC)cc1. The van der Waals surface area contributed by atoms with E-state index < -0.39 is 0 Å². The van der Waals surface area contributed by atoms with Crippen molar-refractivity contribution in [3.8, 4) is 11.5 Å². The average Bonchev–Trinajstić information content (AvgIpc) is 3.20. The largest absolute Gasteiger partial charge is 0.497 e. The van der Waals surface area contributed by atoms with Crippen molar-refractivity contribution in [2.75, 3.05) is 26.8 Å². The normalized spacial score (nSPS) is 11.3. The zero-order valence-corrected chi connectivity index (χ0v) is 18.5. The van der Waals surface area contributed by atoms with Crippen LogP contribution in [0.5, 0.6) is 11.5 Å². The molecule has 0 unspecified atom stereocenters. The van der Waals surface area contributed by atoms with Crippen LogP contribution in [0.15, 0.2) is 65.9 Å². The van der Waals surface area contributed by atoms with E-state index in [1.54, 1.807) is 7.11 Å². The van der Waals surface area contributed by atoms with Gasteiger partial charge >= 0.3 is 0 Å². The van der Waals surface area contributed by atoms with Crippen LogP contribution in [-0.2, 0) is 13.1 Å². The number of rotatable bonds is 10. The Morgan fingerprint density at radius 1 is 1.06 bits per heavy atom. The second-order valence-corrected chi connectivity index (χ2v) is 7.07. The van der Waals surface area contributed by atoms with Gasteiger partial charge in [-0.05, 0) is 49.2 Å². The molecular weight excluding hydrogens is 390 g/mol. The monoisotopic (exact) mass is 421 g/mol. The zero-order valence-electron chi connectivity index (χ0n) is 18.5. The van der Waals surface area contributed by atoms with E-state index in [-0.39, 0.29) is 0 Å². The van der Waals surface area contributed by atoms with Crippen LogP contribution in [0.1, 0.15) is 23.9 Å². The topological polar surface area (TPSA) is 72.7 Å². The lowest BCUT2D eigenvalue weighted by Gasteiger charge is -2.12. The highest BCUT2D eigenvalue weighted by molar-refractivity contribution is 5.79. The molecule has 0 saturated carbocycles. The van der Waals surface area contributed by atoms with Crippen LogP contribution in [-0.4, -0.2) is 42.3 Å². The summed E-state index contributed by atoms with van der Waals surface area (Å²) >= 11 is 0. The number of hydrogen-bond donors (Lipinski definition) is 2. The highest BCUT2D eigenvalue weighted by Crippen LogP contribution is 2.16. The molecule has 0 bridgehead atoms. The Morgan fingerprint density at radius 3 is 2.55 bits per heavy atom. The van der Waals surface area contributed by atoms with Crippen molar-refractivity contribution < 1.29 is 9.47 Å². The number of hydrogen-bond acceptors (Lipinski definition) is 4. The minimum atomic E-state index is 0.538. The molecule has 0 atom stereocenters. The highest BCUT2D eigenvalue weighted by Gasteiger charge is 2.02. The van der Waals surface area contributed by atoms with Gasteiger partial charge in [0.05, 0.1) is 20.2 Å². The van der Waals surface area contributed by atoms with E-state index >= 15 is 0 Å². The van der Waals surface area contributed by atoms with Gasteiger partial charge in [-0.2, -0.15) is 0 Å². The molecule has 1 aromatic heterocycles. The van der Waals surface area contributed by atoms with E-state index in [1.807, 2.05) is 43.6 Å². The van der Waals surface area contributed by atoms with Crippen LogP contribution < -0.4 is 20.1 Å². The van der Waals surface area contributed by atoms with Gasteiger partial charge in [0.15, 0.2) is 5.96 Å². The quantitative estimate of drug-likeness (QED) is 0.298. The lowest BCUT2D eigenvalue weighted by Crippen LogP contribution is -2.39. The van der Waals surface area contributed by atoms with Gasteiger partial charge in [0, 0.05) is 25.5 Å². The number of benzene rings is 2. The van der Waals surface area contributed by atoms with Crippen molar-refractivity contribution in [1.29, 1.82) is 0 Å². The Hall–Kier alpha value is -3.48. The number of aromatic nitrogens is 2. The van der Waals surface area contributed by atoms with Crippen LogP contribution in [0.4, 0.5) is 0 Å². The number of ether oxygens (including phenoxy) is 2. The molecule has 31 heavy (non-hydrogen) atoms. The molecule has 2 N–H and O–H groups in total. The Labute approximate surface area is 184 Å². The molecule has 7 heteroatoms. The third kappa shape index (κ3) is 7.06. The lowest BCUT2D eigenvalue weighted by molar-refractivity contribution is 0.321. The van der Waals surface area contributed by atoms with Crippen molar-refractivity contribution in [2.24, 2.45) is 4.99 Å². The first-order valence-corrected chi connectivity index (χ1v) is 10.5. The van der Waals surface area contributed by atoms with Gasteiger partial charge in [-0.1, -0.05) is 24.3 Å². The summed E-state index contributed by atoms with van der Waals surface area (Å²) in [5.41, 5.74) is 2.40. The number of guanidine groups is 1. The van der Waals surface area contributed by atoms with Crippen LogP contribution >= 0.6 is 0 Å². The molecule has 3 rings (SSSR count). The summed E-state index contributed by atoms with van der Waals surface area (Å²) in [6.07, 6.45) is 3.83. The van der Waals surface area contributed by atoms with Crippen LogP contribution in [0.3, 0.4) is 0 Å². The number of nitrogens with zero attached hydrogens (tertiary/aromatic N) is 3. The van der Waals surface area contributed by atoms with Crippen LogP contribution in [0.2, 0.25) is 0 Å². The fraction of sp³-hybridized carbons (Fsp3) is 0.333. The molecule has 164 valence electrons. The average molecular weight is 422 g/mol. The summed E-state index contributed by atoms with van der Waals surface area (Å²) in [7, 11) is 1.65. The number of aliphatic imine (C=N–C) groups is 1. The summed E-state index contributed by atoms with van der Waals surface area (Å²) in [6, 6.07) is 16.1. The van der Waals surface area contributed by atoms with Crippen LogP contribution in [0.25, 0.3) is 0 Å². The predicted octanol–water partition coefficient (Wildman–Crippen LogP) is 3.38. The number of aryl methyl sites for hydroxylation is 1. The number of methoxy groups -OCH3 is 1. The van der Waals surface area contributed by atoms with Crippen molar-refractivity contribution in [3.05, 3.63) is 77.9 Å². The second-order valence-electron chi connectivity index (χ2n) is 7.07. The van der Waals surface area contributed by atoms with Gasteiger partial charge in [-0.25, -0.2) is 9.98 Å². The minimum absolute atomic E-state index is 0.538. The summed E-state index contributed by atoms with van der Waals surface area (Å²) in [5, 5.41) is 6.60. The lowest BCUT2D eigenvalue weighted by atomic mass is 10.1. The molecule has 0 fully saturated rings. The van der Waals surface area contributed by atoms with Crippen molar-refractivity contribution in [2.45, 2.75) is 26.9 Å². The molecule has 1 heterocycles. The van der Waals surface area contributed by atoms with E-state index in [0.29, 0.717) is 19.7 Å². The minimum Gasteiger partial charge on any atom is -0.497 e. The highest BCUT2D eigenvalue weighted by atomic mass is 16.5. The Bertz CT molecular complexity index is 966. The molecule has 0 aliphatic heterocycles. The summed E-state index contributed by atoms with van der Waals surface area (Å²) < 4.78 is 13.1. The third-order valence-electron chi connectivity index (χ3n) is 4.75. The van der Waals surface area contributed by atoms with Crippen molar-refractivity contribution >= 4 is 5.96 Å². The second kappa shape index (κ2) is 11.6. The van der Waals surface area contributed by atoms with Gasteiger partial charge in [-0.3, -0.25) is 0 Å². The maximum absolute atomic E-state index is 5.76. The first kappa shape index (κ1) is 22.2. The summed E-state index contributed by atoms with van der Waals surface area (Å²) in [6.45, 7) is 7.47.